The second-order valence-electron chi connectivity index (χ2n) is 5.22. The van der Waals surface area contributed by atoms with Crippen molar-refractivity contribution in [1.82, 2.24) is 14.5 Å². The number of aliphatic hydroxyl groups excluding tert-OH is 1. The molecule has 23 heavy (non-hydrogen) atoms. The van der Waals surface area contributed by atoms with Gasteiger partial charge in [0, 0.05) is 11.9 Å². The molecule has 120 valence electrons. The summed E-state index contributed by atoms with van der Waals surface area (Å²) in [6, 6.07) is 11.3. The van der Waals surface area contributed by atoms with E-state index in [0.717, 1.165) is 15.9 Å². The van der Waals surface area contributed by atoms with Gasteiger partial charge in [-0.2, -0.15) is 0 Å². The summed E-state index contributed by atoms with van der Waals surface area (Å²) < 4.78 is 2.47. The molecule has 0 spiro atoms. The first-order chi connectivity index (χ1) is 11.1. The van der Waals surface area contributed by atoms with Gasteiger partial charge in [-0.25, -0.2) is 4.98 Å². The molecule has 0 atom stereocenters. The summed E-state index contributed by atoms with van der Waals surface area (Å²) in [4.78, 5) is 19.5. The molecule has 0 aliphatic carbocycles. The van der Waals surface area contributed by atoms with Gasteiger partial charge in [-0.3, -0.25) is 4.79 Å². The lowest BCUT2D eigenvalue weighted by atomic mass is 10.3. The van der Waals surface area contributed by atoms with Gasteiger partial charge >= 0.3 is 0 Å². The van der Waals surface area contributed by atoms with Crippen molar-refractivity contribution in [3.05, 3.63) is 51.4 Å². The largest absolute Gasteiger partial charge is 0.388 e. The van der Waals surface area contributed by atoms with Crippen LogP contribution in [0.5, 0.6) is 0 Å². The first-order valence-electron chi connectivity index (χ1n) is 7.11. The zero-order valence-corrected chi connectivity index (χ0v) is 14.1. The van der Waals surface area contributed by atoms with Crippen LogP contribution in [0.4, 0.5) is 0 Å². The van der Waals surface area contributed by atoms with Crippen LogP contribution in [-0.2, 0) is 24.5 Å². The molecule has 3 rings (SSSR count). The van der Waals surface area contributed by atoms with Crippen molar-refractivity contribution in [2.75, 3.05) is 7.05 Å². The Morgan fingerprint density at radius 2 is 2.13 bits per heavy atom. The summed E-state index contributed by atoms with van der Waals surface area (Å²) in [6.45, 7) is 0.454. The predicted molar refractivity (Wildman–Crippen MR) is 91.5 cm³/mol. The number of thiophene rings is 1. The van der Waals surface area contributed by atoms with E-state index < -0.39 is 0 Å². The lowest BCUT2D eigenvalue weighted by Gasteiger charge is -2.17. The molecule has 0 fully saturated rings. The predicted octanol–water partition coefficient (Wildman–Crippen LogP) is 2.90. The summed E-state index contributed by atoms with van der Waals surface area (Å²) in [6.07, 6.45) is 0. The number of hydrogen-bond donors (Lipinski definition) is 1. The number of nitrogens with zero attached hydrogens (tertiary/aromatic N) is 3. The van der Waals surface area contributed by atoms with Crippen LogP contribution >= 0.6 is 22.9 Å². The molecule has 0 saturated carbocycles. The molecule has 2 aromatic heterocycles. The molecule has 5 nitrogen and oxygen atoms in total. The number of benzene rings is 1. The zero-order valence-electron chi connectivity index (χ0n) is 12.6. The van der Waals surface area contributed by atoms with E-state index in [0.29, 0.717) is 16.7 Å². The number of halogens is 1. The highest BCUT2D eigenvalue weighted by atomic mass is 35.5. The Balaban J connectivity index is 1.79. The minimum atomic E-state index is -0.202. The molecule has 0 radical (unpaired) electrons. The van der Waals surface area contributed by atoms with Crippen LogP contribution in [0, 0.1) is 0 Å². The molecule has 3 aromatic rings. The summed E-state index contributed by atoms with van der Waals surface area (Å²) >= 11 is 7.38. The lowest BCUT2D eigenvalue weighted by molar-refractivity contribution is -0.131. The fraction of sp³-hybridized carbons (Fsp3) is 0.250. The standard InChI is InChI=1S/C16H16ClN3O2S/c1-19(8-11-6-7-14(17)23-11)16(22)9-20-13-5-3-2-4-12(13)18-15(20)10-21/h2-7,21H,8-10H2,1H3. The fourth-order valence-electron chi connectivity index (χ4n) is 2.44. The number of hydrogen-bond acceptors (Lipinski definition) is 4. The highest BCUT2D eigenvalue weighted by molar-refractivity contribution is 7.16. The third-order valence-corrected chi connectivity index (χ3v) is 4.83. The maximum Gasteiger partial charge on any atom is 0.242 e. The zero-order chi connectivity index (χ0) is 16.4. The van der Waals surface area contributed by atoms with E-state index in [4.69, 9.17) is 11.6 Å². The number of carbonyl (C=O) groups excluding carboxylic acids is 1. The highest BCUT2D eigenvalue weighted by Crippen LogP contribution is 2.22. The molecule has 0 aliphatic heterocycles. The number of carbonyl (C=O) groups is 1. The molecular weight excluding hydrogens is 334 g/mol. The summed E-state index contributed by atoms with van der Waals surface area (Å²) in [5.41, 5.74) is 1.62. The van der Waals surface area contributed by atoms with E-state index in [1.54, 1.807) is 16.5 Å². The van der Waals surface area contributed by atoms with Gasteiger partial charge in [0.1, 0.15) is 19.0 Å². The van der Waals surface area contributed by atoms with Gasteiger partial charge in [0.05, 0.1) is 21.9 Å². The van der Waals surface area contributed by atoms with Crippen LogP contribution in [-0.4, -0.2) is 32.5 Å². The first kappa shape index (κ1) is 16.0. The fourth-order valence-corrected chi connectivity index (χ4v) is 3.58. The number of aromatic nitrogens is 2. The Labute approximate surface area is 142 Å². The van der Waals surface area contributed by atoms with Crippen LogP contribution in [0.3, 0.4) is 0 Å². The van der Waals surface area contributed by atoms with Gasteiger partial charge < -0.3 is 14.6 Å². The molecule has 2 heterocycles. The van der Waals surface area contributed by atoms with Crippen molar-refractivity contribution in [3.8, 4) is 0 Å². The molecular formula is C16H16ClN3O2S. The quantitative estimate of drug-likeness (QED) is 0.770. The van der Waals surface area contributed by atoms with Crippen molar-refractivity contribution in [3.63, 3.8) is 0 Å². The van der Waals surface area contributed by atoms with E-state index in [9.17, 15) is 9.90 Å². The summed E-state index contributed by atoms with van der Waals surface area (Å²) in [5.74, 6) is 0.444. The molecule has 0 saturated heterocycles. The van der Waals surface area contributed by atoms with Crippen LogP contribution in [0.1, 0.15) is 10.7 Å². The molecule has 1 N–H and O–H groups in total. The molecule has 0 bridgehead atoms. The number of fused-ring (bicyclic) bond motifs is 1. The second kappa shape index (κ2) is 6.70. The van der Waals surface area contributed by atoms with Crippen molar-refractivity contribution < 1.29 is 9.90 Å². The third kappa shape index (κ3) is 3.39. The van der Waals surface area contributed by atoms with E-state index in [2.05, 4.69) is 4.98 Å². The third-order valence-electron chi connectivity index (χ3n) is 3.62. The summed E-state index contributed by atoms with van der Waals surface area (Å²) in [5, 5.41) is 9.49. The number of amides is 1. The van der Waals surface area contributed by atoms with Crippen molar-refractivity contribution in [2.24, 2.45) is 0 Å². The number of rotatable bonds is 5. The second-order valence-corrected chi connectivity index (χ2v) is 7.02. The van der Waals surface area contributed by atoms with E-state index in [1.807, 2.05) is 36.4 Å². The lowest BCUT2D eigenvalue weighted by Crippen LogP contribution is -2.30. The first-order valence-corrected chi connectivity index (χ1v) is 8.31. The van der Waals surface area contributed by atoms with Crippen molar-refractivity contribution >= 4 is 39.9 Å². The van der Waals surface area contributed by atoms with Gasteiger partial charge in [0.25, 0.3) is 0 Å². The average molecular weight is 350 g/mol. The van der Waals surface area contributed by atoms with E-state index >= 15 is 0 Å². The Bertz CT molecular complexity index is 843. The smallest absolute Gasteiger partial charge is 0.242 e. The van der Waals surface area contributed by atoms with Gasteiger partial charge in [-0.15, -0.1) is 11.3 Å². The number of imidazole rings is 1. The minimum absolute atomic E-state index is 0.0487. The normalized spacial score (nSPS) is 11.1. The maximum absolute atomic E-state index is 12.5. The number of para-hydroxylation sites is 2. The Morgan fingerprint density at radius 1 is 1.35 bits per heavy atom. The van der Waals surface area contributed by atoms with Crippen LogP contribution in [0.15, 0.2) is 36.4 Å². The number of likely N-dealkylation sites (N-methyl/N-ethyl adjacent to an activating group) is 1. The number of aliphatic hydroxyl groups is 1. The van der Waals surface area contributed by atoms with Crippen molar-refractivity contribution in [2.45, 2.75) is 19.7 Å². The van der Waals surface area contributed by atoms with Gasteiger partial charge in [0.15, 0.2) is 0 Å². The molecule has 7 heteroatoms. The summed E-state index contributed by atoms with van der Waals surface area (Å²) in [7, 11) is 1.76. The minimum Gasteiger partial charge on any atom is -0.388 e. The van der Waals surface area contributed by atoms with E-state index in [-0.39, 0.29) is 19.1 Å². The molecule has 1 aromatic carbocycles. The molecule has 0 aliphatic rings. The van der Waals surface area contributed by atoms with Crippen LogP contribution in [0.2, 0.25) is 4.34 Å². The van der Waals surface area contributed by atoms with Gasteiger partial charge in [0.2, 0.25) is 5.91 Å². The van der Waals surface area contributed by atoms with E-state index in [1.165, 1.54) is 11.3 Å². The Hall–Kier alpha value is -1.89. The monoisotopic (exact) mass is 349 g/mol. The maximum atomic E-state index is 12.5. The Kier molecular flexibility index (Phi) is 4.66. The van der Waals surface area contributed by atoms with Crippen LogP contribution < -0.4 is 0 Å². The molecule has 0 unspecified atom stereocenters. The average Bonchev–Trinajstić information content (AvgIpc) is 3.11. The topological polar surface area (TPSA) is 58.4 Å². The molecule has 1 amide bonds. The highest BCUT2D eigenvalue weighted by Gasteiger charge is 2.16. The van der Waals surface area contributed by atoms with Gasteiger partial charge in [-0.05, 0) is 24.3 Å². The Morgan fingerprint density at radius 3 is 2.83 bits per heavy atom. The van der Waals surface area contributed by atoms with Crippen LogP contribution in [0.25, 0.3) is 11.0 Å². The SMILES string of the molecule is CN(Cc1ccc(Cl)s1)C(=O)Cn1c(CO)nc2ccccc21. The van der Waals surface area contributed by atoms with Gasteiger partial charge in [-0.1, -0.05) is 23.7 Å². The van der Waals surface area contributed by atoms with Crippen molar-refractivity contribution in [1.29, 1.82) is 0 Å².